The van der Waals surface area contributed by atoms with Crippen molar-refractivity contribution in [1.29, 1.82) is 0 Å². The molecule has 0 fully saturated rings. The molecule has 0 saturated carbocycles. The van der Waals surface area contributed by atoms with Gasteiger partial charge in [0.2, 0.25) is 0 Å². The number of hydrogen-bond acceptors (Lipinski definition) is 3. The molecule has 0 amide bonds. The lowest BCUT2D eigenvalue weighted by Gasteiger charge is -1.96. The van der Waals surface area contributed by atoms with Crippen molar-refractivity contribution in [3.63, 3.8) is 0 Å². The topological polar surface area (TPSA) is 46.0 Å². The van der Waals surface area contributed by atoms with Crippen molar-refractivity contribution in [3.8, 4) is 5.75 Å². The van der Waals surface area contributed by atoms with Crippen LogP contribution in [0, 0.1) is 0 Å². The molecule has 0 spiro atoms. The minimum atomic E-state index is 0.248. The summed E-state index contributed by atoms with van der Waals surface area (Å²) in [7, 11) is 0. The number of fused-ring (bicyclic) bond motifs is 1. The Bertz CT molecular complexity index is 381. The fourth-order valence-corrected chi connectivity index (χ4v) is 0.984. The van der Waals surface area contributed by atoms with Crippen molar-refractivity contribution in [3.05, 3.63) is 30.7 Å². The standard InChI is InChI=1S/C8H6N2O/c11-8-2-4-10-7-5-9-3-1-6(7)8/h1-5H,(H,10,11). The van der Waals surface area contributed by atoms with Gasteiger partial charge in [0.25, 0.3) is 0 Å². The summed E-state index contributed by atoms with van der Waals surface area (Å²) in [4.78, 5) is 7.90. The highest BCUT2D eigenvalue weighted by Gasteiger charge is 1.96. The molecule has 0 unspecified atom stereocenters. The molecule has 0 aliphatic rings. The lowest BCUT2D eigenvalue weighted by molar-refractivity contribution is 0.481. The average molecular weight is 146 g/mol. The first-order valence-electron chi connectivity index (χ1n) is 3.25. The van der Waals surface area contributed by atoms with E-state index in [1.54, 1.807) is 30.7 Å². The highest BCUT2D eigenvalue weighted by molar-refractivity contribution is 5.83. The largest absolute Gasteiger partial charge is 0.507 e. The van der Waals surface area contributed by atoms with E-state index in [9.17, 15) is 5.11 Å². The van der Waals surface area contributed by atoms with Crippen LogP contribution >= 0.6 is 0 Å². The van der Waals surface area contributed by atoms with Crippen LogP contribution in [0.1, 0.15) is 0 Å². The van der Waals surface area contributed by atoms with Crippen LogP contribution in [0.2, 0.25) is 0 Å². The second kappa shape index (κ2) is 2.20. The SMILES string of the molecule is Oc1ccnc2cnccc12. The molecule has 0 aliphatic carbocycles. The van der Waals surface area contributed by atoms with E-state index in [2.05, 4.69) is 9.97 Å². The normalized spacial score (nSPS) is 10.2. The predicted molar refractivity (Wildman–Crippen MR) is 41.2 cm³/mol. The van der Waals surface area contributed by atoms with E-state index in [-0.39, 0.29) is 5.75 Å². The van der Waals surface area contributed by atoms with Crippen LogP contribution in [-0.4, -0.2) is 15.1 Å². The van der Waals surface area contributed by atoms with Crippen LogP contribution in [0.4, 0.5) is 0 Å². The first-order valence-corrected chi connectivity index (χ1v) is 3.25. The summed E-state index contributed by atoms with van der Waals surface area (Å²) >= 11 is 0. The molecule has 0 aliphatic heterocycles. The van der Waals surface area contributed by atoms with Crippen LogP contribution < -0.4 is 0 Å². The summed E-state index contributed by atoms with van der Waals surface area (Å²) in [5.74, 6) is 0.248. The molecule has 11 heavy (non-hydrogen) atoms. The zero-order valence-electron chi connectivity index (χ0n) is 5.73. The Labute approximate surface area is 63.3 Å². The van der Waals surface area contributed by atoms with E-state index in [4.69, 9.17) is 0 Å². The quantitative estimate of drug-likeness (QED) is 0.610. The second-order valence-corrected chi connectivity index (χ2v) is 2.22. The van der Waals surface area contributed by atoms with Gasteiger partial charge in [0.15, 0.2) is 0 Å². The number of rotatable bonds is 0. The summed E-state index contributed by atoms with van der Waals surface area (Å²) in [6.45, 7) is 0. The molecule has 1 N–H and O–H groups in total. The molecule has 0 atom stereocenters. The third-order valence-corrected chi connectivity index (χ3v) is 1.52. The Kier molecular flexibility index (Phi) is 1.22. The Morgan fingerprint density at radius 1 is 1.18 bits per heavy atom. The molecule has 2 heterocycles. The van der Waals surface area contributed by atoms with Gasteiger partial charge in [-0.2, -0.15) is 0 Å². The molecule has 2 aromatic rings. The van der Waals surface area contributed by atoms with Crippen molar-refractivity contribution in [2.24, 2.45) is 0 Å². The van der Waals surface area contributed by atoms with Gasteiger partial charge >= 0.3 is 0 Å². The van der Waals surface area contributed by atoms with Gasteiger partial charge in [-0.3, -0.25) is 9.97 Å². The van der Waals surface area contributed by atoms with E-state index in [0.717, 1.165) is 5.39 Å². The highest BCUT2D eigenvalue weighted by atomic mass is 16.3. The lowest BCUT2D eigenvalue weighted by Crippen LogP contribution is -1.78. The molecular formula is C8H6N2O. The maximum absolute atomic E-state index is 9.30. The fourth-order valence-electron chi connectivity index (χ4n) is 0.984. The first kappa shape index (κ1) is 6.09. The fraction of sp³-hybridized carbons (Fsp3) is 0. The summed E-state index contributed by atoms with van der Waals surface area (Å²) in [6, 6.07) is 3.29. The Hall–Kier alpha value is -1.64. The monoisotopic (exact) mass is 146 g/mol. The van der Waals surface area contributed by atoms with Gasteiger partial charge in [0, 0.05) is 17.8 Å². The minimum absolute atomic E-state index is 0.248. The Morgan fingerprint density at radius 3 is 2.91 bits per heavy atom. The van der Waals surface area contributed by atoms with Crippen molar-refractivity contribution < 1.29 is 5.11 Å². The van der Waals surface area contributed by atoms with Gasteiger partial charge < -0.3 is 5.11 Å². The Balaban J connectivity index is 2.91. The van der Waals surface area contributed by atoms with Crippen LogP contribution in [0.3, 0.4) is 0 Å². The van der Waals surface area contributed by atoms with Crippen molar-refractivity contribution in [2.75, 3.05) is 0 Å². The molecule has 2 aromatic heterocycles. The molecule has 0 bridgehead atoms. The average Bonchev–Trinajstić information content (AvgIpc) is 2.06. The first-order chi connectivity index (χ1) is 5.38. The van der Waals surface area contributed by atoms with Crippen LogP contribution in [0.15, 0.2) is 30.7 Å². The second-order valence-electron chi connectivity index (χ2n) is 2.22. The van der Waals surface area contributed by atoms with Crippen molar-refractivity contribution in [1.82, 2.24) is 9.97 Å². The summed E-state index contributed by atoms with van der Waals surface area (Å²) in [5, 5.41) is 10.0. The molecular weight excluding hydrogens is 140 g/mol. The summed E-state index contributed by atoms with van der Waals surface area (Å²) in [5.41, 5.74) is 0.715. The van der Waals surface area contributed by atoms with Gasteiger partial charge in [-0.15, -0.1) is 0 Å². The maximum Gasteiger partial charge on any atom is 0.126 e. The molecule has 3 heteroatoms. The van der Waals surface area contributed by atoms with Crippen molar-refractivity contribution in [2.45, 2.75) is 0 Å². The number of aromatic hydroxyl groups is 1. The van der Waals surface area contributed by atoms with Gasteiger partial charge in [-0.25, -0.2) is 0 Å². The number of nitrogens with zero attached hydrogens (tertiary/aromatic N) is 2. The van der Waals surface area contributed by atoms with E-state index in [0.29, 0.717) is 5.52 Å². The van der Waals surface area contributed by atoms with Crippen LogP contribution in [-0.2, 0) is 0 Å². The van der Waals surface area contributed by atoms with E-state index in [1.807, 2.05) is 0 Å². The smallest absolute Gasteiger partial charge is 0.126 e. The maximum atomic E-state index is 9.30. The van der Waals surface area contributed by atoms with Gasteiger partial charge in [-0.05, 0) is 12.1 Å². The summed E-state index contributed by atoms with van der Waals surface area (Å²) < 4.78 is 0. The number of aromatic nitrogens is 2. The van der Waals surface area contributed by atoms with E-state index >= 15 is 0 Å². The third kappa shape index (κ3) is 0.902. The Morgan fingerprint density at radius 2 is 2.09 bits per heavy atom. The van der Waals surface area contributed by atoms with Gasteiger partial charge in [-0.1, -0.05) is 0 Å². The molecule has 0 saturated heterocycles. The molecule has 3 nitrogen and oxygen atoms in total. The lowest BCUT2D eigenvalue weighted by atomic mass is 10.2. The van der Waals surface area contributed by atoms with Gasteiger partial charge in [0.05, 0.1) is 11.7 Å². The van der Waals surface area contributed by atoms with Crippen LogP contribution in [0.5, 0.6) is 5.75 Å². The van der Waals surface area contributed by atoms with E-state index in [1.165, 1.54) is 0 Å². The zero-order chi connectivity index (χ0) is 7.68. The summed E-state index contributed by atoms with van der Waals surface area (Å²) in [6.07, 6.45) is 4.80. The highest BCUT2D eigenvalue weighted by Crippen LogP contribution is 2.19. The minimum Gasteiger partial charge on any atom is -0.507 e. The number of pyridine rings is 2. The number of hydrogen-bond donors (Lipinski definition) is 1. The van der Waals surface area contributed by atoms with Crippen LogP contribution in [0.25, 0.3) is 10.9 Å². The molecule has 0 aromatic carbocycles. The zero-order valence-corrected chi connectivity index (χ0v) is 5.73. The van der Waals surface area contributed by atoms with E-state index < -0.39 is 0 Å². The molecule has 0 radical (unpaired) electrons. The van der Waals surface area contributed by atoms with Crippen molar-refractivity contribution >= 4 is 10.9 Å². The molecule has 2 rings (SSSR count). The molecule has 54 valence electrons. The predicted octanol–water partition coefficient (Wildman–Crippen LogP) is 1.34. The van der Waals surface area contributed by atoms with Gasteiger partial charge in [0.1, 0.15) is 5.75 Å². The third-order valence-electron chi connectivity index (χ3n) is 1.52.